The van der Waals surface area contributed by atoms with Crippen LogP contribution in [0.4, 0.5) is 0 Å². The van der Waals surface area contributed by atoms with Crippen LogP contribution in [0.3, 0.4) is 0 Å². The van der Waals surface area contributed by atoms with Crippen LogP contribution < -0.4 is 18.9 Å². The highest BCUT2D eigenvalue weighted by molar-refractivity contribution is 6.08. The first-order valence-corrected chi connectivity index (χ1v) is 9.45. The molecule has 3 rings (SSSR count). The van der Waals surface area contributed by atoms with Gasteiger partial charge in [0.2, 0.25) is 0 Å². The molecule has 6 nitrogen and oxygen atoms in total. The van der Waals surface area contributed by atoms with Crippen LogP contribution in [0.1, 0.15) is 26.3 Å². The van der Waals surface area contributed by atoms with E-state index in [0.717, 1.165) is 0 Å². The lowest BCUT2D eigenvalue weighted by Crippen LogP contribution is -2.09. The van der Waals surface area contributed by atoms with Crippen molar-refractivity contribution in [3.63, 3.8) is 0 Å². The number of allylic oxidation sites excluding steroid dienone is 1. The molecule has 3 aromatic rings. The molecule has 0 unspecified atom stereocenters. The topological polar surface area (TPSA) is 71.1 Å². The van der Waals surface area contributed by atoms with Gasteiger partial charge < -0.3 is 18.9 Å². The van der Waals surface area contributed by atoms with Gasteiger partial charge in [-0.2, -0.15) is 0 Å². The molecule has 3 aromatic carbocycles. The van der Waals surface area contributed by atoms with Crippen molar-refractivity contribution in [2.45, 2.75) is 0 Å². The van der Waals surface area contributed by atoms with Crippen molar-refractivity contribution in [2.24, 2.45) is 0 Å². The minimum atomic E-state index is -0.482. The molecule has 0 bridgehead atoms. The van der Waals surface area contributed by atoms with Crippen molar-refractivity contribution in [1.29, 1.82) is 0 Å². The van der Waals surface area contributed by atoms with Crippen molar-refractivity contribution < 1.29 is 28.5 Å². The van der Waals surface area contributed by atoms with Crippen molar-refractivity contribution in [1.82, 2.24) is 0 Å². The molecule has 0 N–H and O–H groups in total. The van der Waals surface area contributed by atoms with E-state index in [-0.39, 0.29) is 11.5 Å². The Morgan fingerprint density at radius 2 is 1.48 bits per heavy atom. The van der Waals surface area contributed by atoms with Gasteiger partial charge in [0.25, 0.3) is 0 Å². The molecule has 0 saturated heterocycles. The number of carbonyl (C=O) groups is 2. The van der Waals surface area contributed by atoms with Gasteiger partial charge in [0.15, 0.2) is 17.3 Å². The first-order valence-electron chi connectivity index (χ1n) is 9.45. The molecule has 0 saturated carbocycles. The molecule has 31 heavy (non-hydrogen) atoms. The molecule has 0 atom stereocenters. The fourth-order valence-corrected chi connectivity index (χ4v) is 2.87. The largest absolute Gasteiger partial charge is 0.497 e. The van der Waals surface area contributed by atoms with E-state index in [1.54, 1.807) is 73.8 Å². The highest BCUT2D eigenvalue weighted by Crippen LogP contribution is 2.30. The van der Waals surface area contributed by atoms with Crippen LogP contribution in [0.5, 0.6) is 23.0 Å². The SMILES string of the molecule is COc1ccc(C(=O)/C=C/c2ccc(OC(=O)c3ccccc3)c(OC)c2)c(OC)c1. The first kappa shape index (κ1) is 21.6. The Morgan fingerprint density at radius 1 is 0.742 bits per heavy atom. The zero-order chi connectivity index (χ0) is 22.2. The third kappa shape index (κ3) is 5.30. The van der Waals surface area contributed by atoms with Crippen molar-refractivity contribution in [2.75, 3.05) is 21.3 Å². The summed E-state index contributed by atoms with van der Waals surface area (Å²) in [5.41, 5.74) is 1.56. The van der Waals surface area contributed by atoms with Crippen molar-refractivity contribution in [3.8, 4) is 23.0 Å². The second kappa shape index (κ2) is 10.1. The molecule has 0 radical (unpaired) electrons. The first-order chi connectivity index (χ1) is 15.0. The fourth-order valence-electron chi connectivity index (χ4n) is 2.87. The van der Waals surface area contributed by atoms with E-state index in [1.807, 2.05) is 6.07 Å². The molecule has 0 aliphatic heterocycles. The van der Waals surface area contributed by atoms with Crippen LogP contribution in [-0.2, 0) is 0 Å². The fraction of sp³-hybridized carbons (Fsp3) is 0.120. The Hall–Kier alpha value is -4.06. The lowest BCUT2D eigenvalue weighted by Gasteiger charge is -2.10. The number of ketones is 1. The number of hydrogen-bond donors (Lipinski definition) is 0. The Balaban J connectivity index is 1.77. The van der Waals surface area contributed by atoms with Gasteiger partial charge in [0.1, 0.15) is 11.5 Å². The number of ether oxygens (including phenoxy) is 4. The highest BCUT2D eigenvalue weighted by Gasteiger charge is 2.13. The summed E-state index contributed by atoms with van der Waals surface area (Å²) in [6, 6.07) is 18.7. The zero-order valence-electron chi connectivity index (χ0n) is 17.5. The van der Waals surface area contributed by atoms with Gasteiger partial charge in [-0.05, 0) is 48.0 Å². The van der Waals surface area contributed by atoms with Gasteiger partial charge in [-0.3, -0.25) is 4.79 Å². The Kier molecular flexibility index (Phi) is 7.06. The zero-order valence-corrected chi connectivity index (χ0v) is 17.5. The summed E-state index contributed by atoms with van der Waals surface area (Å²) in [4.78, 5) is 24.9. The summed E-state index contributed by atoms with van der Waals surface area (Å²) in [5.74, 6) is 0.983. The number of hydrogen-bond acceptors (Lipinski definition) is 6. The lowest BCUT2D eigenvalue weighted by molar-refractivity contribution is 0.0729. The van der Waals surface area contributed by atoms with E-state index >= 15 is 0 Å². The average molecular weight is 418 g/mol. The van der Waals surface area contributed by atoms with Gasteiger partial charge in [0, 0.05) is 6.07 Å². The molecule has 0 fully saturated rings. The van der Waals surface area contributed by atoms with Crippen LogP contribution in [-0.4, -0.2) is 33.1 Å². The van der Waals surface area contributed by atoms with Gasteiger partial charge in [-0.25, -0.2) is 4.79 Å². The number of benzene rings is 3. The smallest absolute Gasteiger partial charge is 0.343 e. The second-order valence-electron chi connectivity index (χ2n) is 6.43. The molecule has 0 aromatic heterocycles. The Labute approximate surface area is 180 Å². The van der Waals surface area contributed by atoms with Gasteiger partial charge >= 0.3 is 5.97 Å². The predicted molar refractivity (Wildman–Crippen MR) is 117 cm³/mol. The third-order valence-electron chi connectivity index (χ3n) is 4.50. The maximum Gasteiger partial charge on any atom is 0.343 e. The standard InChI is InChI=1S/C25H22O6/c1-28-19-11-12-20(23(16-19)29-2)21(26)13-9-17-10-14-22(24(15-17)30-3)31-25(27)18-7-5-4-6-8-18/h4-16H,1-3H3/b13-9+. The maximum atomic E-state index is 12.6. The minimum Gasteiger partial charge on any atom is -0.497 e. The summed E-state index contributed by atoms with van der Waals surface area (Å²) in [7, 11) is 4.52. The monoisotopic (exact) mass is 418 g/mol. The van der Waals surface area contributed by atoms with Gasteiger partial charge in [-0.15, -0.1) is 0 Å². The van der Waals surface area contributed by atoms with Gasteiger partial charge in [-0.1, -0.05) is 30.3 Å². The quantitative estimate of drug-likeness (QED) is 0.226. The van der Waals surface area contributed by atoms with Crippen molar-refractivity contribution >= 4 is 17.8 Å². The van der Waals surface area contributed by atoms with E-state index in [1.165, 1.54) is 20.3 Å². The molecular weight excluding hydrogens is 396 g/mol. The van der Waals surface area contributed by atoms with Crippen LogP contribution >= 0.6 is 0 Å². The Morgan fingerprint density at radius 3 is 2.16 bits per heavy atom. The minimum absolute atomic E-state index is 0.224. The molecular formula is C25H22O6. The lowest BCUT2D eigenvalue weighted by atomic mass is 10.1. The molecule has 158 valence electrons. The summed E-state index contributed by atoms with van der Waals surface area (Å²) in [6.45, 7) is 0. The average Bonchev–Trinajstić information content (AvgIpc) is 2.83. The number of carbonyl (C=O) groups excluding carboxylic acids is 2. The predicted octanol–water partition coefficient (Wildman–Crippen LogP) is 4.83. The highest BCUT2D eigenvalue weighted by atomic mass is 16.6. The number of methoxy groups -OCH3 is 3. The molecule has 0 aliphatic rings. The molecule has 0 spiro atoms. The summed E-state index contributed by atoms with van der Waals surface area (Å²) in [6.07, 6.45) is 3.09. The summed E-state index contributed by atoms with van der Waals surface area (Å²) in [5, 5.41) is 0. The number of rotatable bonds is 8. The molecule has 6 heteroatoms. The normalized spacial score (nSPS) is 10.5. The molecule has 0 heterocycles. The van der Waals surface area contributed by atoms with E-state index < -0.39 is 5.97 Å². The molecule has 0 amide bonds. The number of esters is 1. The van der Waals surface area contributed by atoms with Crippen LogP contribution in [0.25, 0.3) is 6.08 Å². The summed E-state index contributed by atoms with van der Waals surface area (Å²) < 4.78 is 21.2. The van der Waals surface area contributed by atoms with Crippen molar-refractivity contribution in [3.05, 3.63) is 89.5 Å². The van der Waals surface area contributed by atoms with Crippen LogP contribution in [0.15, 0.2) is 72.8 Å². The van der Waals surface area contributed by atoms with Crippen LogP contribution in [0.2, 0.25) is 0 Å². The molecule has 0 aliphatic carbocycles. The Bertz CT molecular complexity index is 1100. The van der Waals surface area contributed by atoms with Crippen LogP contribution in [0, 0.1) is 0 Å². The summed E-state index contributed by atoms with van der Waals surface area (Å²) >= 11 is 0. The third-order valence-corrected chi connectivity index (χ3v) is 4.50. The maximum absolute atomic E-state index is 12.6. The van der Waals surface area contributed by atoms with E-state index in [9.17, 15) is 9.59 Å². The van der Waals surface area contributed by atoms with E-state index in [2.05, 4.69) is 0 Å². The van der Waals surface area contributed by atoms with E-state index in [4.69, 9.17) is 18.9 Å². The van der Waals surface area contributed by atoms with Gasteiger partial charge in [0.05, 0.1) is 32.5 Å². The van der Waals surface area contributed by atoms with E-state index in [0.29, 0.717) is 33.9 Å². The second-order valence-corrected chi connectivity index (χ2v) is 6.43.